The highest BCUT2D eigenvalue weighted by Gasteiger charge is 2.24. The number of hydrogen-bond donors (Lipinski definition) is 1. The monoisotopic (exact) mass is 614 g/mol. The Labute approximate surface area is 263 Å². The second-order valence-electron chi connectivity index (χ2n) is 11.8. The standard InChI is InChI=1S/C34H66N2O5S/c1-6-9-12-15-16-19-22-27-40-32(37)29-36(34(39)42-28-23-26-35(4)5)30-33(38)41-31(24-20-17-13-10-7-2)25-21-18-14-11-8-3/h19,22,31,33,38H,6-18,20-21,23-30H2,1-5H3/b22-19-. The number of aliphatic hydroxyl groups is 1. The number of carbonyl (C=O) groups excluding carboxylic acids is 2. The van der Waals surface area contributed by atoms with E-state index in [4.69, 9.17) is 9.47 Å². The van der Waals surface area contributed by atoms with E-state index in [-0.39, 0.29) is 31.0 Å². The van der Waals surface area contributed by atoms with Gasteiger partial charge in [-0.2, -0.15) is 0 Å². The molecule has 1 amide bonds. The Bertz CT molecular complexity index is 648. The van der Waals surface area contributed by atoms with Gasteiger partial charge in [0.1, 0.15) is 13.2 Å². The molecular weight excluding hydrogens is 548 g/mol. The van der Waals surface area contributed by atoms with Crippen LogP contribution in [-0.2, 0) is 14.3 Å². The molecule has 42 heavy (non-hydrogen) atoms. The van der Waals surface area contributed by atoms with Gasteiger partial charge in [-0.25, -0.2) is 0 Å². The Kier molecular flexibility index (Phi) is 29.2. The molecule has 1 atom stereocenters. The molecule has 0 aromatic carbocycles. The van der Waals surface area contributed by atoms with Gasteiger partial charge in [-0.1, -0.05) is 128 Å². The van der Waals surface area contributed by atoms with E-state index < -0.39 is 12.3 Å². The first-order valence-corrected chi connectivity index (χ1v) is 18.0. The van der Waals surface area contributed by atoms with E-state index in [0.29, 0.717) is 5.75 Å². The molecule has 0 fully saturated rings. The molecule has 0 aromatic rings. The van der Waals surface area contributed by atoms with Crippen LogP contribution in [0.3, 0.4) is 0 Å². The molecule has 0 radical (unpaired) electrons. The topological polar surface area (TPSA) is 79.3 Å². The van der Waals surface area contributed by atoms with Crippen molar-refractivity contribution in [2.75, 3.05) is 46.1 Å². The van der Waals surface area contributed by atoms with E-state index in [1.807, 2.05) is 20.2 Å². The average molecular weight is 615 g/mol. The van der Waals surface area contributed by atoms with Gasteiger partial charge in [0.15, 0.2) is 6.29 Å². The van der Waals surface area contributed by atoms with E-state index in [0.717, 1.165) is 51.5 Å². The van der Waals surface area contributed by atoms with Crippen molar-refractivity contribution in [2.24, 2.45) is 0 Å². The predicted molar refractivity (Wildman–Crippen MR) is 179 cm³/mol. The van der Waals surface area contributed by atoms with Crippen LogP contribution in [-0.4, -0.2) is 84.6 Å². The van der Waals surface area contributed by atoms with Crippen molar-refractivity contribution < 1.29 is 24.2 Å². The molecule has 1 N–H and O–H groups in total. The Morgan fingerprint density at radius 2 is 1.36 bits per heavy atom. The number of allylic oxidation sites excluding steroid dienone is 1. The largest absolute Gasteiger partial charge is 0.460 e. The Morgan fingerprint density at radius 3 is 1.93 bits per heavy atom. The smallest absolute Gasteiger partial charge is 0.325 e. The molecule has 0 rings (SSSR count). The van der Waals surface area contributed by atoms with Gasteiger partial charge in [-0.3, -0.25) is 9.59 Å². The summed E-state index contributed by atoms with van der Waals surface area (Å²) >= 11 is 1.19. The third kappa shape index (κ3) is 26.5. The van der Waals surface area contributed by atoms with Crippen molar-refractivity contribution in [3.8, 4) is 0 Å². The lowest BCUT2D eigenvalue weighted by atomic mass is 10.0. The zero-order chi connectivity index (χ0) is 31.3. The summed E-state index contributed by atoms with van der Waals surface area (Å²) in [4.78, 5) is 29.2. The number of nitrogens with zero attached hydrogens (tertiary/aromatic N) is 2. The SMILES string of the molecule is CCCCCC/C=C\COC(=O)CN(CC(O)OC(CCCCCCC)CCCCCCC)C(=O)SCCCN(C)C. The minimum atomic E-state index is -1.14. The van der Waals surface area contributed by atoms with Gasteiger partial charge in [-0.15, -0.1) is 0 Å². The number of esters is 1. The van der Waals surface area contributed by atoms with Gasteiger partial charge >= 0.3 is 5.97 Å². The fourth-order valence-electron chi connectivity index (χ4n) is 4.74. The van der Waals surface area contributed by atoms with Gasteiger partial charge in [0.2, 0.25) is 0 Å². The van der Waals surface area contributed by atoms with Gasteiger partial charge in [0.05, 0.1) is 12.6 Å². The van der Waals surface area contributed by atoms with E-state index in [1.165, 1.54) is 87.3 Å². The fourth-order valence-corrected chi connectivity index (χ4v) is 5.51. The third-order valence-electron chi connectivity index (χ3n) is 7.27. The van der Waals surface area contributed by atoms with Crippen LogP contribution in [0.4, 0.5) is 4.79 Å². The van der Waals surface area contributed by atoms with E-state index in [2.05, 4.69) is 31.7 Å². The highest BCUT2D eigenvalue weighted by molar-refractivity contribution is 8.13. The maximum atomic E-state index is 13.1. The van der Waals surface area contributed by atoms with Crippen LogP contribution in [0.25, 0.3) is 0 Å². The van der Waals surface area contributed by atoms with Crippen LogP contribution in [0, 0.1) is 0 Å². The Morgan fingerprint density at radius 1 is 0.786 bits per heavy atom. The second kappa shape index (κ2) is 30.0. The van der Waals surface area contributed by atoms with Gasteiger partial charge in [-0.05, 0) is 52.7 Å². The van der Waals surface area contributed by atoms with Crippen LogP contribution in [0.15, 0.2) is 12.2 Å². The predicted octanol–water partition coefficient (Wildman–Crippen LogP) is 8.59. The third-order valence-corrected chi connectivity index (χ3v) is 8.27. The Hall–Kier alpha value is -1.09. The van der Waals surface area contributed by atoms with E-state index >= 15 is 0 Å². The lowest BCUT2D eigenvalue weighted by molar-refractivity contribution is -0.152. The molecule has 8 heteroatoms. The molecular formula is C34H66N2O5S. The molecule has 0 aliphatic heterocycles. The number of hydrogen-bond acceptors (Lipinski definition) is 7. The lowest BCUT2D eigenvalue weighted by Gasteiger charge is -2.27. The maximum Gasteiger partial charge on any atom is 0.325 e. The van der Waals surface area contributed by atoms with E-state index in [9.17, 15) is 14.7 Å². The van der Waals surface area contributed by atoms with Crippen molar-refractivity contribution in [3.05, 3.63) is 12.2 Å². The molecule has 0 bridgehead atoms. The fraction of sp³-hybridized carbons (Fsp3) is 0.882. The number of unbranched alkanes of at least 4 members (excludes halogenated alkanes) is 12. The molecule has 0 aliphatic rings. The first-order valence-electron chi connectivity index (χ1n) is 17.0. The number of rotatable bonds is 29. The second-order valence-corrected chi connectivity index (χ2v) is 12.8. The first kappa shape index (κ1) is 40.9. The summed E-state index contributed by atoms with van der Waals surface area (Å²) in [7, 11) is 4.01. The number of thioether (sulfide) groups is 1. The number of carbonyl (C=O) groups is 2. The number of amides is 1. The van der Waals surface area contributed by atoms with Crippen molar-refractivity contribution >= 4 is 23.0 Å². The summed E-state index contributed by atoms with van der Waals surface area (Å²) in [6.45, 7) is 7.48. The molecule has 0 spiro atoms. The van der Waals surface area contributed by atoms with Gasteiger partial charge in [0.25, 0.3) is 5.24 Å². The molecule has 1 unspecified atom stereocenters. The lowest BCUT2D eigenvalue weighted by Crippen LogP contribution is -2.41. The number of aliphatic hydroxyl groups excluding tert-OH is 1. The van der Waals surface area contributed by atoms with Crippen molar-refractivity contribution in [1.29, 1.82) is 0 Å². The summed E-state index contributed by atoms with van der Waals surface area (Å²) in [5.74, 6) is 0.182. The zero-order valence-electron chi connectivity index (χ0n) is 28.0. The summed E-state index contributed by atoms with van der Waals surface area (Å²) in [6, 6.07) is 0. The highest BCUT2D eigenvalue weighted by atomic mass is 32.2. The molecule has 0 heterocycles. The van der Waals surface area contributed by atoms with Gasteiger partial charge < -0.3 is 24.4 Å². The normalized spacial score (nSPS) is 12.5. The van der Waals surface area contributed by atoms with Crippen LogP contribution < -0.4 is 0 Å². The van der Waals surface area contributed by atoms with Crippen molar-refractivity contribution in [3.63, 3.8) is 0 Å². The minimum Gasteiger partial charge on any atom is -0.460 e. The van der Waals surface area contributed by atoms with Gasteiger partial charge in [0, 0.05) is 5.75 Å². The molecule has 0 saturated heterocycles. The molecule has 0 aromatic heterocycles. The van der Waals surface area contributed by atoms with Crippen molar-refractivity contribution in [1.82, 2.24) is 9.80 Å². The Balaban J connectivity index is 5.01. The summed E-state index contributed by atoms with van der Waals surface area (Å²) in [6.07, 6.45) is 23.1. The summed E-state index contributed by atoms with van der Waals surface area (Å²) < 4.78 is 11.5. The number of ether oxygens (including phenoxy) is 2. The molecule has 0 aliphatic carbocycles. The quantitative estimate of drug-likeness (QED) is 0.0391. The molecule has 248 valence electrons. The molecule has 0 saturated carbocycles. The van der Waals surface area contributed by atoms with Crippen LogP contribution >= 0.6 is 11.8 Å². The minimum absolute atomic E-state index is 0.0376. The highest BCUT2D eigenvalue weighted by Crippen LogP contribution is 2.19. The first-order chi connectivity index (χ1) is 20.3. The van der Waals surface area contributed by atoms with E-state index in [1.54, 1.807) is 0 Å². The average Bonchev–Trinajstić information content (AvgIpc) is 2.95. The van der Waals surface area contributed by atoms with Crippen LogP contribution in [0.2, 0.25) is 0 Å². The van der Waals surface area contributed by atoms with Crippen molar-refractivity contribution in [2.45, 2.75) is 149 Å². The maximum absolute atomic E-state index is 13.1. The summed E-state index contributed by atoms with van der Waals surface area (Å²) in [5, 5.41) is 10.7. The zero-order valence-corrected chi connectivity index (χ0v) is 28.8. The van der Waals surface area contributed by atoms with Crippen LogP contribution in [0.5, 0.6) is 0 Å². The van der Waals surface area contributed by atoms with Crippen LogP contribution in [0.1, 0.15) is 136 Å². The molecule has 7 nitrogen and oxygen atoms in total. The summed E-state index contributed by atoms with van der Waals surface area (Å²) in [5.41, 5.74) is 0.